The summed E-state index contributed by atoms with van der Waals surface area (Å²) < 4.78 is 17.1. The van der Waals surface area contributed by atoms with Crippen LogP contribution in [0.25, 0.3) is 0 Å². The van der Waals surface area contributed by atoms with Gasteiger partial charge in [0.2, 0.25) is 0 Å². The quantitative estimate of drug-likeness (QED) is 0.385. The fourth-order valence-corrected chi connectivity index (χ4v) is 2.09. The van der Waals surface area contributed by atoms with E-state index in [1.165, 1.54) is 0 Å². The van der Waals surface area contributed by atoms with Crippen molar-refractivity contribution in [1.82, 2.24) is 0 Å². The first-order chi connectivity index (χ1) is 5.39. The summed E-state index contributed by atoms with van der Waals surface area (Å²) in [6.07, 6.45) is 1.67. The minimum Gasteiger partial charge on any atom is -0.514 e. The molecule has 2 nitrogen and oxygen atoms in total. The van der Waals surface area contributed by atoms with Crippen LogP contribution in [0.4, 0.5) is 4.39 Å². The fraction of sp³-hybridized carbons (Fsp3) is 0.375. The number of halogens is 1. The van der Waals surface area contributed by atoms with E-state index in [0.29, 0.717) is 6.04 Å². The van der Waals surface area contributed by atoms with Gasteiger partial charge in [-0.2, -0.15) is 4.39 Å². The molecule has 0 aromatic heterocycles. The highest BCUT2D eigenvalue weighted by Crippen LogP contribution is 2.13. The van der Waals surface area contributed by atoms with Crippen molar-refractivity contribution in [3.05, 3.63) is 25.1 Å². The smallest absolute Gasteiger partial charge is 0.353 e. The minimum absolute atomic E-state index is 0.617. The Labute approximate surface area is 72.9 Å². The van der Waals surface area contributed by atoms with Crippen molar-refractivity contribution < 1.29 is 13.6 Å². The molecule has 0 aliphatic carbocycles. The van der Waals surface area contributed by atoms with Crippen LogP contribution in [0.5, 0.6) is 0 Å². The summed E-state index contributed by atoms with van der Waals surface area (Å²) in [4.78, 5) is 10.7. The van der Waals surface area contributed by atoms with E-state index in [-0.39, 0.29) is 0 Å². The van der Waals surface area contributed by atoms with Crippen molar-refractivity contribution in [2.75, 3.05) is 0 Å². The van der Waals surface area contributed by atoms with Gasteiger partial charge in [-0.15, -0.1) is 6.58 Å². The molecule has 0 aromatic rings. The van der Waals surface area contributed by atoms with Crippen molar-refractivity contribution in [3.63, 3.8) is 0 Å². The molecule has 0 aliphatic rings. The molecule has 0 heterocycles. The molecule has 0 fully saturated rings. The highest BCUT2D eigenvalue weighted by Gasteiger charge is 2.26. The largest absolute Gasteiger partial charge is 0.514 e. The van der Waals surface area contributed by atoms with Crippen LogP contribution >= 0.6 is 0 Å². The lowest BCUT2D eigenvalue weighted by Gasteiger charge is -2.19. The standard InChI is InChI=1S/C8H13FO2Si/c1-5-6-12(3,4)11-8(10)7(2)9/h5H,1-2,6H2,3-4H3. The zero-order chi connectivity index (χ0) is 9.78. The van der Waals surface area contributed by atoms with E-state index in [4.69, 9.17) is 4.43 Å². The number of hydrogen-bond acceptors (Lipinski definition) is 2. The van der Waals surface area contributed by atoms with Gasteiger partial charge < -0.3 is 4.43 Å². The van der Waals surface area contributed by atoms with Gasteiger partial charge in [0.15, 0.2) is 5.83 Å². The predicted molar refractivity (Wildman–Crippen MR) is 48.8 cm³/mol. The summed E-state index contributed by atoms with van der Waals surface area (Å²) in [7, 11) is -2.10. The van der Waals surface area contributed by atoms with Crippen LogP contribution in [0.1, 0.15) is 0 Å². The molecule has 0 aromatic carbocycles. The molecule has 0 amide bonds. The summed E-state index contributed by atoms with van der Waals surface area (Å²) in [5.74, 6) is -1.99. The second-order valence-electron chi connectivity index (χ2n) is 3.05. The fourth-order valence-electron chi connectivity index (χ4n) is 0.696. The second-order valence-corrected chi connectivity index (χ2v) is 7.18. The Bertz CT molecular complexity index is 211. The summed E-state index contributed by atoms with van der Waals surface area (Å²) in [6.45, 7) is 10.0. The zero-order valence-corrected chi connectivity index (χ0v) is 8.39. The van der Waals surface area contributed by atoms with Crippen molar-refractivity contribution >= 4 is 14.3 Å². The number of carbonyl (C=O) groups is 1. The van der Waals surface area contributed by atoms with Crippen molar-refractivity contribution in [2.24, 2.45) is 0 Å². The number of rotatable bonds is 4. The van der Waals surface area contributed by atoms with E-state index in [9.17, 15) is 9.18 Å². The van der Waals surface area contributed by atoms with E-state index in [0.717, 1.165) is 0 Å². The topological polar surface area (TPSA) is 26.3 Å². The Balaban J connectivity index is 4.14. The molecule has 0 bridgehead atoms. The molecule has 12 heavy (non-hydrogen) atoms. The van der Waals surface area contributed by atoms with Gasteiger partial charge in [-0.25, -0.2) is 4.79 Å². The average molecular weight is 188 g/mol. The van der Waals surface area contributed by atoms with Crippen molar-refractivity contribution in [2.45, 2.75) is 19.1 Å². The first-order valence-electron chi connectivity index (χ1n) is 3.57. The summed E-state index contributed by atoms with van der Waals surface area (Å²) in [5.41, 5.74) is 0. The maximum Gasteiger partial charge on any atom is 0.353 e. The first kappa shape index (κ1) is 11.1. The van der Waals surface area contributed by atoms with E-state index >= 15 is 0 Å². The molecule has 0 atom stereocenters. The molecule has 68 valence electrons. The molecule has 0 aliphatic heterocycles. The van der Waals surface area contributed by atoms with E-state index in [2.05, 4.69) is 13.2 Å². The van der Waals surface area contributed by atoms with Gasteiger partial charge in [0.1, 0.15) is 0 Å². The lowest BCUT2D eigenvalue weighted by molar-refractivity contribution is -0.132. The molecular formula is C8H13FO2Si. The SMILES string of the molecule is C=CC[Si](C)(C)OC(=O)C(=C)F. The third-order valence-electron chi connectivity index (χ3n) is 1.23. The van der Waals surface area contributed by atoms with Crippen LogP contribution in [0.15, 0.2) is 25.1 Å². The van der Waals surface area contributed by atoms with Gasteiger partial charge in [0.25, 0.3) is 8.32 Å². The second kappa shape index (κ2) is 4.20. The molecule has 4 heteroatoms. The number of allylic oxidation sites excluding steroid dienone is 1. The molecule has 0 N–H and O–H groups in total. The molecular weight excluding hydrogens is 175 g/mol. The maximum atomic E-state index is 12.2. The van der Waals surface area contributed by atoms with Crippen molar-refractivity contribution in [3.8, 4) is 0 Å². The van der Waals surface area contributed by atoms with Crippen LogP contribution < -0.4 is 0 Å². The van der Waals surface area contributed by atoms with Crippen molar-refractivity contribution in [1.29, 1.82) is 0 Å². The van der Waals surface area contributed by atoms with E-state index < -0.39 is 20.1 Å². The Morgan fingerprint density at radius 1 is 1.67 bits per heavy atom. The van der Waals surface area contributed by atoms with E-state index in [1.807, 2.05) is 13.1 Å². The summed E-state index contributed by atoms with van der Waals surface area (Å²) in [5, 5.41) is 0. The lowest BCUT2D eigenvalue weighted by atomic mass is 10.6. The Hall–Kier alpha value is -0.903. The van der Waals surface area contributed by atoms with Gasteiger partial charge in [-0.3, -0.25) is 0 Å². The van der Waals surface area contributed by atoms with Gasteiger partial charge in [-0.05, 0) is 19.1 Å². The van der Waals surface area contributed by atoms with Gasteiger partial charge in [-0.1, -0.05) is 12.7 Å². The van der Waals surface area contributed by atoms with E-state index in [1.54, 1.807) is 6.08 Å². The maximum absolute atomic E-state index is 12.2. The monoisotopic (exact) mass is 188 g/mol. The Kier molecular flexibility index (Phi) is 3.89. The van der Waals surface area contributed by atoms with Crippen LogP contribution in [0.3, 0.4) is 0 Å². The van der Waals surface area contributed by atoms with Crippen LogP contribution in [-0.4, -0.2) is 14.3 Å². The Morgan fingerprint density at radius 3 is 2.50 bits per heavy atom. The summed E-state index contributed by atoms with van der Waals surface area (Å²) >= 11 is 0. The first-order valence-corrected chi connectivity index (χ1v) is 6.69. The third kappa shape index (κ3) is 4.08. The van der Waals surface area contributed by atoms with Crippen LogP contribution in [0.2, 0.25) is 19.1 Å². The minimum atomic E-state index is -2.10. The van der Waals surface area contributed by atoms with Gasteiger partial charge in [0.05, 0.1) is 0 Å². The van der Waals surface area contributed by atoms with Crippen LogP contribution in [0, 0.1) is 0 Å². The lowest BCUT2D eigenvalue weighted by Crippen LogP contribution is -2.32. The average Bonchev–Trinajstić information content (AvgIpc) is 1.85. The predicted octanol–water partition coefficient (Wildman–Crippen LogP) is 2.40. The Morgan fingerprint density at radius 2 is 2.17 bits per heavy atom. The number of hydrogen-bond donors (Lipinski definition) is 0. The normalized spacial score (nSPS) is 10.6. The zero-order valence-electron chi connectivity index (χ0n) is 7.39. The molecule has 0 rings (SSSR count). The molecule has 0 unspecified atom stereocenters. The molecule has 0 saturated carbocycles. The van der Waals surface area contributed by atoms with Crippen LogP contribution in [-0.2, 0) is 9.22 Å². The highest BCUT2D eigenvalue weighted by atomic mass is 28.4. The molecule has 0 radical (unpaired) electrons. The number of carbonyl (C=O) groups excluding carboxylic acids is 1. The third-order valence-corrected chi connectivity index (χ3v) is 3.24. The van der Waals surface area contributed by atoms with Gasteiger partial charge in [0, 0.05) is 0 Å². The summed E-state index contributed by atoms with van der Waals surface area (Å²) in [6, 6.07) is 0.617. The highest BCUT2D eigenvalue weighted by molar-refractivity contribution is 6.73. The molecule has 0 spiro atoms. The van der Waals surface area contributed by atoms with Gasteiger partial charge >= 0.3 is 5.97 Å². The molecule has 0 saturated heterocycles.